The lowest BCUT2D eigenvalue weighted by Crippen LogP contribution is -2.40. The summed E-state index contributed by atoms with van der Waals surface area (Å²) in [7, 11) is 0. The Labute approximate surface area is 187 Å². The molecule has 0 fully saturated rings. The maximum atomic E-state index is 13.2. The van der Waals surface area contributed by atoms with Crippen molar-refractivity contribution in [3.63, 3.8) is 0 Å². The fraction of sp³-hybridized carbons (Fsp3) is 0.273. The van der Waals surface area contributed by atoms with E-state index in [4.69, 9.17) is 0 Å². The Bertz CT molecular complexity index is 1080. The molecule has 2 aromatic heterocycles. The molecule has 1 atom stereocenters. The highest BCUT2D eigenvalue weighted by Gasteiger charge is 2.35. The van der Waals surface area contributed by atoms with Crippen LogP contribution >= 0.6 is 22.7 Å². The van der Waals surface area contributed by atoms with Gasteiger partial charge in [-0.25, -0.2) is 4.98 Å². The molecule has 31 heavy (non-hydrogen) atoms. The Morgan fingerprint density at radius 2 is 2.00 bits per heavy atom. The lowest BCUT2D eigenvalue weighted by Gasteiger charge is -2.28. The van der Waals surface area contributed by atoms with Crippen molar-refractivity contribution in [2.24, 2.45) is 5.92 Å². The second-order valence-corrected chi connectivity index (χ2v) is 9.04. The van der Waals surface area contributed by atoms with Crippen molar-refractivity contribution in [2.45, 2.75) is 19.4 Å². The number of thiazole rings is 1. The molecular weight excluding hydrogens is 434 g/mol. The number of nitrogens with one attached hydrogen (secondary N) is 1. The molecule has 1 aliphatic carbocycles. The zero-order chi connectivity index (χ0) is 21.8. The van der Waals surface area contributed by atoms with Crippen molar-refractivity contribution in [3.05, 3.63) is 68.9 Å². The first-order valence-electron chi connectivity index (χ1n) is 9.85. The fourth-order valence-electron chi connectivity index (χ4n) is 3.57. The van der Waals surface area contributed by atoms with Crippen LogP contribution in [0.25, 0.3) is 0 Å². The Morgan fingerprint density at radius 3 is 2.71 bits per heavy atom. The molecule has 0 spiro atoms. The molecule has 0 saturated carbocycles. The van der Waals surface area contributed by atoms with Gasteiger partial charge in [0.1, 0.15) is 0 Å². The third-order valence-electron chi connectivity index (χ3n) is 5.07. The first-order valence-corrected chi connectivity index (χ1v) is 11.6. The van der Waals surface area contributed by atoms with Crippen molar-refractivity contribution in [3.8, 4) is 0 Å². The molecule has 7 nitrogen and oxygen atoms in total. The monoisotopic (exact) mass is 455 g/mol. The van der Waals surface area contributed by atoms with Gasteiger partial charge in [-0.2, -0.15) is 11.3 Å². The van der Waals surface area contributed by atoms with Gasteiger partial charge >= 0.3 is 0 Å². The zero-order valence-corrected chi connectivity index (χ0v) is 18.2. The minimum absolute atomic E-state index is 0.0999. The summed E-state index contributed by atoms with van der Waals surface area (Å²) < 4.78 is 0. The number of amides is 2. The Hall–Kier alpha value is -2.88. The average molecular weight is 456 g/mol. The summed E-state index contributed by atoms with van der Waals surface area (Å²) in [4.78, 5) is 44.6. The third-order valence-corrected chi connectivity index (χ3v) is 6.81. The van der Waals surface area contributed by atoms with Crippen LogP contribution in [0.4, 0.5) is 5.13 Å². The molecule has 1 unspecified atom stereocenters. The summed E-state index contributed by atoms with van der Waals surface area (Å²) in [6.45, 7) is 0.418. The highest BCUT2D eigenvalue weighted by atomic mass is 32.1. The average Bonchev–Trinajstić information content (AvgIpc) is 3.44. The number of anilines is 1. The van der Waals surface area contributed by atoms with Gasteiger partial charge in [0.25, 0.3) is 5.91 Å². The molecule has 3 aromatic rings. The predicted octanol–water partition coefficient (Wildman–Crippen LogP) is 3.22. The molecule has 160 valence electrons. The molecule has 1 aliphatic rings. The van der Waals surface area contributed by atoms with Gasteiger partial charge in [0.05, 0.1) is 28.7 Å². The molecule has 9 heteroatoms. The summed E-state index contributed by atoms with van der Waals surface area (Å²) >= 11 is 2.57. The maximum absolute atomic E-state index is 13.2. The number of thiophene rings is 1. The Kier molecular flexibility index (Phi) is 6.55. The molecule has 2 N–H and O–H groups in total. The van der Waals surface area contributed by atoms with Gasteiger partial charge in [-0.15, -0.1) is 0 Å². The van der Waals surface area contributed by atoms with E-state index in [9.17, 15) is 19.5 Å². The lowest BCUT2D eigenvalue weighted by molar-refractivity contribution is -0.136. The molecule has 0 aliphatic heterocycles. The molecule has 0 saturated heterocycles. The summed E-state index contributed by atoms with van der Waals surface area (Å²) in [5, 5.41) is 16.1. The second kappa shape index (κ2) is 9.51. The maximum Gasteiger partial charge on any atom is 0.258 e. The van der Waals surface area contributed by atoms with Gasteiger partial charge in [-0.1, -0.05) is 41.7 Å². The largest absolute Gasteiger partial charge is 0.395 e. The number of hydrogen-bond acceptors (Lipinski definition) is 7. The van der Waals surface area contributed by atoms with Crippen molar-refractivity contribution in [1.29, 1.82) is 0 Å². The Balaban J connectivity index is 1.48. The molecule has 0 bridgehead atoms. The van der Waals surface area contributed by atoms with Crippen molar-refractivity contribution < 1.29 is 19.5 Å². The van der Waals surface area contributed by atoms with Crippen LogP contribution in [0, 0.1) is 5.92 Å². The fourth-order valence-corrected chi connectivity index (χ4v) is 5.14. The number of ketones is 1. The number of rotatable bonds is 7. The molecule has 2 amide bonds. The topological polar surface area (TPSA) is 99.6 Å². The van der Waals surface area contributed by atoms with E-state index < -0.39 is 5.92 Å². The van der Waals surface area contributed by atoms with E-state index in [1.165, 1.54) is 11.3 Å². The van der Waals surface area contributed by atoms with Crippen LogP contribution < -0.4 is 5.32 Å². The van der Waals surface area contributed by atoms with Gasteiger partial charge in [0, 0.05) is 31.3 Å². The van der Waals surface area contributed by atoms with Crippen LogP contribution in [0.1, 0.15) is 37.7 Å². The minimum atomic E-state index is -0.530. The molecule has 0 radical (unpaired) electrons. The summed E-state index contributed by atoms with van der Waals surface area (Å²) in [6, 6.07) is 11.3. The molecule has 1 aromatic carbocycles. The number of carbonyl (C=O) groups is 3. The van der Waals surface area contributed by atoms with Gasteiger partial charge in [-0.05, 0) is 17.0 Å². The summed E-state index contributed by atoms with van der Waals surface area (Å²) in [5.41, 5.74) is 2.04. The number of Topliss-reactive ketones (excluding diaryl/α,β-unsaturated/α-hetero) is 1. The predicted molar refractivity (Wildman–Crippen MR) is 119 cm³/mol. The van der Waals surface area contributed by atoms with E-state index in [1.807, 2.05) is 35.7 Å². The minimum Gasteiger partial charge on any atom is -0.395 e. The number of hydrogen-bond donors (Lipinski definition) is 2. The van der Waals surface area contributed by atoms with Crippen molar-refractivity contribution in [1.82, 2.24) is 9.88 Å². The number of benzene rings is 1. The third kappa shape index (κ3) is 4.90. The quantitative estimate of drug-likeness (QED) is 0.570. The van der Waals surface area contributed by atoms with E-state index in [-0.39, 0.29) is 37.2 Å². The Morgan fingerprint density at radius 1 is 1.19 bits per heavy atom. The summed E-state index contributed by atoms with van der Waals surface area (Å²) in [6.07, 6.45) is 0.435. The number of aromatic nitrogens is 1. The zero-order valence-electron chi connectivity index (χ0n) is 16.6. The van der Waals surface area contributed by atoms with Crippen LogP contribution in [0.2, 0.25) is 0 Å². The van der Waals surface area contributed by atoms with E-state index in [0.29, 0.717) is 34.2 Å². The smallest absolute Gasteiger partial charge is 0.258 e. The van der Waals surface area contributed by atoms with Crippen LogP contribution in [0.15, 0.2) is 47.2 Å². The number of fused-ring (bicyclic) bond motifs is 1. The van der Waals surface area contributed by atoms with Gasteiger partial charge in [-0.3, -0.25) is 19.7 Å². The van der Waals surface area contributed by atoms with Crippen LogP contribution in [-0.2, 0) is 17.8 Å². The van der Waals surface area contributed by atoms with Gasteiger partial charge in [0.15, 0.2) is 10.9 Å². The van der Waals surface area contributed by atoms with Gasteiger partial charge < -0.3 is 10.0 Å². The first-order chi connectivity index (χ1) is 15.0. The molecular formula is C22H21N3O4S2. The molecule has 4 rings (SSSR count). The van der Waals surface area contributed by atoms with Crippen LogP contribution in [0.5, 0.6) is 0 Å². The van der Waals surface area contributed by atoms with Gasteiger partial charge in [0.2, 0.25) is 5.91 Å². The molecule has 2 heterocycles. The van der Waals surface area contributed by atoms with Crippen molar-refractivity contribution in [2.75, 3.05) is 18.5 Å². The van der Waals surface area contributed by atoms with Crippen molar-refractivity contribution >= 4 is 45.4 Å². The second-order valence-electron chi connectivity index (χ2n) is 7.26. The van der Waals surface area contributed by atoms with E-state index >= 15 is 0 Å². The standard InChI is InChI=1S/C22H21N3O4S2/c26-8-7-25(12-14-4-2-1-3-5-14)21(29)16-10-17-19(18(27)11-16)31-22(23-17)24-20(28)15-6-9-30-13-15/h1-6,9,13,16,26H,7-8,10-12H2,(H,23,24,28). The number of carbonyl (C=O) groups excluding carboxylic acids is 3. The number of nitrogens with zero attached hydrogens (tertiary/aromatic N) is 2. The highest BCUT2D eigenvalue weighted by Crippen LogP contribution is 2.33. The normalized spacial score (nSPS) is 15.4. The van der Waals surface area contributed by atoms with Crippen LogP contribution in [0.3, 0.4) is 0 Å². The highest BCUT2D eigenvalue weighted by molar-refractivity contribution is 7.17. The number of aliphatic hydroxyl groups excluding tert-OH is 1. The number of aliphatic hydroxyl groups is 1. The summed E-state index contributed by atoms with van der Waals surface area (Å²) in [5.74, 6) is -1.12. The van der Waals surface area contributed by atoms with E-state index in [2.05, 4.69) is 10.3 Å². The SMILES string of the molecule is O=C(Nc1nc2c(s1)C(=O)CC(C(=O)N(CCO)Cc1ccccc1)C2)c1ccsc1. The lowest BCUT2D eigenvalue weighted by atomic mass is 9.88. The van der Waals surface area contributed by atoms with E-state index in [0.717, 1.165) is 16.9 Å². The van der Waals surface area contributed by atoms with E-state index in [1.54, 1.807) is 16.3 Å². The van der Waals surface area contributed by atoms with Crippen LogP contribution in [-0.4, -0.2) is 45.7 Å². The first kappa shape index (κ1) is 21.4.